The number of rotatable bonds is 4. The fraction of sp³-hybridized carbons (Fsp3) is 0.0833. The average Bonchev–Trinajstić information content (AvgIpc) is 2.80. The van der Waals surface area contributed by atoms with E-state index in [-0.39, 0.29) is 6.61 Å². The molecule has 0 aliphatic carbocycles. The Morgan fingerprint density at radius 1 is 1.31 bits per heavy atom. The summed E-state index contributed by atoms with van der Waals surface area (Å²) in [5, 5.41) is 0.413. The highest BCUT2D eigenvalue weighted by Crippen LogP contribution is 2.28. The molecular weight excluding hydrogens is 228 g/mol. The number of para-hydroxylation sites is 1. The molecule has 1 aromatic carbocycles. The molecule has 0 atom stereocenters. The first-order chi connectivity index (χ1) is 7.81. The van der Waals surface area contributed by atoms with Gasteiger partial charge in [-0.1, -0.05) is 17.7 Å². The zero-order valence-corrected chi connectivity index (χ0v) is 9.11. The summed E-state index contributed by atoms with van der Waals surface area (Å²) in [7, 11) is 0. The molecule has 0 fully saturated rings. The normalized spacial score (nSPS) is 10.1. The van der Waals surface area contributed by atoms with Crippen molar-refractivity contribution in [2.45, 2.75) is 6.61 Å². The third kappa shape index (κ3) is 2.25. The van der Waals surface area contributed by atoms with Crippen molar-refractivity contribution in [3.8, 4) is 5.75 Å². The van der Waals surface area contributed by atoms with Gasteiger partial charge in [-0.15, -0.1) is 0 Å². The maximum Gasteiger partial charge on any atom is 0.153 e. The van der Waals surface area contributed by atoms with Crippen molar-refractivity contribution in [2.24, 2.45) is 0 Å². The molecule has 2 aromatic rings. The summed E-state index contributed by atoms with van der Waals surface area (Å²) in [4.78, 5) is 10.8. The molecule has 0 saturated carbocycles. The quantitative estimate of drug-likeness (QED) is 0.765. The average molecular weight is 237 g/mol. The van der Waals surface area contributed by atoms with Crippen molar-refractivity contribution in [1.29, 1.82) is 0 Å². The molecule has 0 aliphatic heterocycles. The van der Waals surface area contributed by atoms with Crippen molar-refractivity contribution in [1.82, 2.24) is 0 Å². The lowest BCUT2D eigenvalue weighted by molar-refractivity contribution is 0.111. The van der Waals surface area contributed by atoms with Crippen LogP contribution in [0.5, 0.6) is 5.75 Å². The van der Waals surface area contributed by atoms with Crippen LogP contribution in [0.1, 0.15) is 16.1 Å². The van der Waals surface area contributed by atoms with Gasteiger partial charge in [-0.05, 0) is 24.3 Å². The maximum absolute atomic E-state index is 10.8. The van der Waals surface area contributed by atoms with Crippen LogP contribution in [-0.2, 0) is 6.61 Å². The molecule has 3 nitrogen and oxygen atoms in total. The largest absolute Gasteiger partial charge is 0.483 e. The van der Waals surface area contributed by atoms with Crippen molar-refractivity contribution in [2.75, 3.05) is 0 Å². The molecule has 0 saturated heterocycles. The van der Waals surface area contributed by atoms with Crippen LogP contribution in [-0.4, -0.2) is 6.29 Å². The van der Waals surface area contributed by atoms with Crippen molar-refractivity contribution >= 4 is 17.9 Å². The SMILES string of the molecule is O=Cc1cccc(Cl)c1OCc1ccco1. The van der Waals surface area contributed by atoms with E-state index in [2.05, 4.69) is 0 Å². The van der Waals surface area contributed by atoms with E-state index in [9.17, 15) is 4.79 Å². The minimum atomic E-state index is 0.248. The van der Waals surface area contributed by atoms with Crippen molar-refractivity contribution in [3.05, 3.63) is 52.9 Å². The van der Waals surface area contributed by atoms with Gasteiger partial charge in [0.1, 0.15) is 18.1 Å². The Bertz CT molecular complexity index is 477. The molecule has 0 N–H and O–H groups in total. The van der Waals surface area contributed by atoms with E-state index in [0.717, 1.165) is 0 Å². The first-order valence-corrected chi connectivity index (χ1v) is 5.08. The van der Waals surface area contributed by atoms with Gasteiger partial charge < -0.3 is 9.15 Å². The number of carbonyl (C=O) groups is 1. The van der Waals surface area contributed by atoms with E-state index in [1.807, 2.05) is 0 Å². The molecule has 0 bridgehead atoms. The third-order valence-electron chi connectivity index (χ3n) is 2.06. The molecule has 0 aliphatic rings. The smallest absolute Gasteiger partial charge is 0.153 e. The number of furan rings is 1. The van der Waals surface area contributed by atoms with E-state index >= 15 is 0 Å². The molecule has 1 aromatic heterocycles. The molecule has 0 radical (unpaired) electrons. The first kappa shape index (κ1) is 10.8. The number of ether oxygens (including phenoxy) is 1. The Balaban J connectivity index is 2.17. The van der Waals surface area contributed by atoms with Crippen LogP contribution < -0.4 is 4.74 Å². The lowest BCUT2D eigenvalue weighted by atomic mass is 10.2. The summed E-state index contributed by atoms with van der Waals surface area (Å²) >= 11 is 5.93. The van der Waals surface area contributed by atoms with Gasteiger partial charge >= 0.3 is 0 Å². The van der Waals surface area contributed by atoms with Crippen LogP contribution in [0.2, 0.25) is 5.02 Å². The molecule has 16 heavy (non-hydrogen) atoms. The topological polar surface area (TPSA) is 39.4 Å². The minimum absolute atomic E-state index is 0.248. The van der Waals surface area contributed by atoms with Crippen LogP contribution in [0, 0.1) is 0 Å². The highest BCUT2D eigenvalue weighted by molar-refractivity contribution is 6.32. The predicted molar refractivity (Wildman–Crippen MR) is 59.9 cm³/mol. The Kier molecular flexibility index (Phi) is 3.27. The maximum atomic E-state index is 10.8. The fourth-order valence-corrected chi connectivity index (χ4v) is 1.55. The molecule has 0 amide bonds. The zero-order chi connectivity index (χ0) is 11.4. The van der Waals surface area contributed by atoms with Gasteiger partial charge in [0.2, 0.25) is 0 Å². The summed E-state index contributed by atoms with van der Waals surface area (Å²) in [6.45, 7) is 0.248. The van der Waals surface area contributed by atoms with E-state index in [1.165, 1.54) is 0 Å². The van der Waals surface area contributed by atoms with Crippen LogP contribution in [0.15, 0.2) is 41.0 Å². The highest BCUT2D eigenvalue weighted by atomic mass is 35.5. The van der Waals surface area contributed by atoms with Crippen LogP contribution >= 0.6 is 11.6 Å². The summed E-state index contributed by atoms with van der Waals surface area (Å²) in [5.41, 5.74) is 0.430. The van der Waals surface area contributed by atoms with E-state index < -0.39 is 0 Å². The summed E-state index contributed by atoms with van der Waals surface area (Å²) in [5.74, 6) is 1.06. The van der Waals surface area contributed by atoms with Crippen LogP contribution in [0.3, 0.4) is 0 Å². The minimum Gasteiger partial charge on any atom is -0.483 e. The van der Waals surface area contributed by atoms with Gasteiger partial charge in [0, 0.05) is 0 Å². The first-order valence-electron chi connectivity index (χ1n) is 4.70. The second kappa shape index (κ2) is 4.86. The zero-order valence-electron chi connectivity index (χ0n) is 8.35. The summed E-state index contributed by atoms with van der Waals surface area (Å²) in [6.07, 6.45) is 2.27. The van der Waals surface area contributed by atoms with Gasteiger partial charge in [0.15, 0.2) is 6.29 Å². The standard InChI is InChI=1S/C12H9ClO3/c13-11-5-1-3-9(7-14)12(11)16-8-10-4-2-6-15-10/h1-7H,8H2. The van der Waals surface area contributed by atoms with Crippen molar-refractivity contribution < 1.29 is 13.9 Å². The number of benzene rings is 1. The van der Waals surface area contributed by atoms with E-state index in [4.69, 9.17) is 20.8 Å². The Hall–Kier alpha value is -1.74. The van der Waals surface area contributed by atoms with E-state index in [0.29, 0.717) is 28.4 Å². The molecule has 0 unspecified atom stereocenters. The van der Waals surface area contributed by atoms with Crippen LogP contribution in [0.4, 0.5) is 0 Å². The van der Waals surface area contributed by atoms with Gasteiger partial charge in [0.05, 0.1) is 16.8 Å². The molecule has 1 heterocycles. The summed E-state index contributed by atoms with van der Waals surface area (Å²) < 4.78 is 10.6. The molecule has 0 spiro atoms. The number of aldehydes is 1. The van der Waals surface area contributed by atoms with Gasteiger partial charge in [-0.25, -0.2) is 0 Å². The molecule has 82 valence electrons. The number of carbonyl (C=O) groups excluding carboxylic acids is 1. The lowest BCUT2D eigenvalue weighted by Crippen LogP contribution is -1.97. The second-order valence-corrected chi connectivity index (χ2v) is 3.55. The molecular formula is C12H9ClO3. The number of hydrogen-bond acceptors (Lipinski definition) is 3. The second-order valence-electron chi connectivity index (χ2n) is 3.14. The third-order valence-corrected chi connectivity index (χ3v) is 2.36. The monoisotopic (exact) mass is 236 g/mol. The summed E-state index contributed by atoms with van der Waals surface area (Å²) in [6, 6.07) is 8.58. The fourth-order valence-electron chi connectivity index (χ4n) is 1.31. The van der Waals surface area contributed by atoms with E-state index in [1.54, 1.807) is 36.6 Å². The van der Waals surface area contributed by atoms with Gasteiger partial charge in [0.25, 0.3) is 0 Å². The number of halogens is 1. The molecule has 4 heteroatoms. The number of hydrogen-bond donors (Lipinski definition) is 0. The Morgan fingerprint density at radius 2 is 2.19 bits per heavy atom. The Labute approximate surface area is 97.6 Å². The Morgan fingerprint density at radius 3 is 2.88 bits per heavy atom. The predicted octanol–water partition coefficient (Wildman–Crippen LogP) is 3.32. The van der Waals surface area contributed by atoms with Gasteiger partial charge in [-0.3, -0.25) is 4.79 Å². The van der Waals surface area contributed by atoms with Gasteiger partial charge in [-0.2, -0.15) is 0 Å². The lowest BCUT2D eigenvalue weighted by Gasteiger charge is -2.08. The van der Waals surface area contributed by atoms with Crippen molar-refractivity contribution in [3.63, 3.8) is 0 Å². The van der Waals surface area contributed by atoms with Crippen LogP contribution in [0.25, 0.3) is 0 Å². The molecule has 2 rings (SSSR count). The highest BCUT2D eigenvalue weighted by Gasteiger charge is 2.08.